The van der Waals surface area contributed by atoms with Crippen LogP contribution in [0.3, 0.4) is 0 Å². The molecule has 2 rings (SSSR count). The van der Waals surface area contributed by atoms with Crippen molar-refractivity contribution in [2.75, 3.05) is 30.5 Å². The maximum absolute atomic E-state index is 5.53. The third-order valence-corrected chi connectivity index (χ3v) is 3.57. The van der Waals surface area contributed by atoms with Crippen molar-refractivity contribution in [3.05, 3.63) is 11.9 Å². The predicted molar refractivity (Wildman–Crippen MR) is 80.8 cm³/mol. The van der Waals surface area contributed by atoms with Crippen LogP contribution in [0.5, 0.6) is 0 Å². The molecule has 6 nitrogen and oxygen atoms in total. The number of aromatic nitrogens is 2. The Bertz CT molecular complexity index is 457. The van der Waals surface area contributed by atoms with Crippen molar-refractivity contribution in [2.24, 2.45) is 5.84 Å². The van der Waals surface area contributed by atoms with Crippen molar-refractivity contribution in [2.45, 2.75) is 45.1 Å². The Morgan fingerprint density at radius 2 is 2.15 bits per heavy atom. The number of methoxy groups -OCH3 is 1. The van der Waals surface area contributed by atoms with Crippen molar-refractivity contribution in [3.63, 3.8) is 0 Å². The van der Waals surface area contributed by atoms with Crippen LogP contribution in [-0.2, 0) is 10.2 Å². The van der Waals surface area contributed by atoms with Gasteiger partial charge >= 0.3 is 0 Å². The standard InChI is InChI=1S/C14H25N5O/c1-14(2,3)13-16-11(18-15)8-12(17-13)19-7-5-6-10(9-19)20-4/h8,10H,5-7,9,15H2,1-4H3,(H,16,17,18). The van der Waals surface area contributed by atoms with Gasteiger partial charge in [-0.15, -0.1) is 0 Å². The summed E-state index contributed by atoms with van der Waals surface area (Å²) in [5, 5.41) is 0. The summed E-state index contributed by atoms with van der Waals surface area (Å²) in [4.78, 5) is 11.4. The lowest BCUT2D eigenvalue weighted by molar-refractivity contribution is 0.0891. The summed E-state index contributed by atoms with van der Waals surface area (Å²) < 4.78 is 5.47. The minimum Gasteiger partial charge on any atom is -0.380 e. The van der Waals surface area contributed by atoms with Crippen LogP contribution in [0.1, 0.15) is 39.4 Å². The molecule has 0 spiro atoms. The highest BCUT2D eigenvalue weighted by atomic mass is 16.5. The van der Waals surface area contributed by atoms with Gasteiger partial charge in [-0.2, -0.15) is 0 Å². The Balaban J connectivity index is 2.30. The number of nitrogens with zero attached hydrogens (tertiary/aromatic N) is 3. The number of hydrazine groups is 1. The van der Waals surface area contributed by atoms with E-state index in [0.29, 0.717) is 5.82 Å². The molecule has 112 valence electrons. The molecule has 1 fully saturated rings. The second kappa shape index (κ2) is 5.93. The van der Waals surface area contributed by atoms with Crippen LogP contribution in [0, 0.1) is 0 Å². The fourth-order valence-corrected chi connectivity index (χ4v) is 2.34. The minimum absolute atomic E-state index is 0.113. The molecule has 1 unspecified atom stereocenters. The maximum Gasteiger partial charge on any atom is 0.145 e. The largest absolute Gasteiger partial charge is 0.380 e. The Hall–Kier alpha value is -1.40. The zero-order valence-electron chi connectivity index (χ0n) is 12.8. The summed E-state index contributed by atoms with van der Waals surface area (Å²) in [5.41, 5.74) is 2.52. The normalized spacial score (nSPS) is 20.1. The summed E-state index contributed by atoms with van der Waals surface area (Å²) in [5.74, 6) is 7.89. The van der Waals surface area contributed by atoms with Crippen LogP contribution in [0.2, 0.25) is 0 Å². The summed E-state index contributed by atoms with van der Waals surface area (Å²) in [7, 11) is 1.77. The van der Waals surface area contributed by atoms with Gasteiger partial charge in [0.2, 0.25) is 0 Å². The van der Waals surface area contributed by atoms with Crippen molar-refractivity contribution >= 4 is 11.6 Å². The molecule has 0 aliphatic carbocycles. The molecule has 20 heavy (non-hydrogen) atoms. The molecule has 0 radical (unpaired) electrons. The number of nitrogen functional groups attached to an aromatic ring is 1. The summed E-state index contributed by atoms with van der Waals surface area (Å²) in [6, 6.07) is 1.90. The predicted octanol–water partition coefficient (Wildman–Crippen LogP) is 1.67. The van der Waals surface area contributed by atoms with Crippen LogP contribution < -0.4 is 16.2 Å². The lowest BCUT2D eigenvalue weighted by Crippen LogP contribution is -2.40. The molecule has 0 saturated carbocycles. The second-order valence-electron chi connectivity index (χ2n) is 6.28. The van der Waals surface area contributed by atoms with Gasteiger partial charge in [-0.25, -0.2) is 15.8 Å². The molecule has 1 aromatic rings. The van der Waals surface area contributed by atoms with Crippen molar-refractivity contribution in [1.82, 2.24) is 9.97 Å². The van der Waals surface area contributed by atoms with E-state index in [1.165, 1.54) is 0 Å². The Kier molecular flexibility index (Phi) is 4.45. The third kappa shape index (κ3) is 3.37. The Morgan fingerprint density at radius 1 is 1.40 bits per heavy atom. The number of piperidine rings is 1. The number of ether oxygens (including phenoxy) is 1. The van der Waals surface area contributed by atoms with Gasteiger partial charge in [-0.3, -0.25) is 0 Å². The average Bonchev–Trinajstić information content (AvgIpc) is 2.46. The smallest absolute Gasteiger partial charge is 0.145 e. The van der Waals surface area contributed by atoms with E-state index in [2.05, 4.69) is 36.1 Å². The molecule has 1 atom stereocenters. The van der Waals surface area contributed by atoms with Crippen molar-refractivity contribution in [1.29, 1.82) is 0 Å². The molecule has 1 saturated heterocycles. The van der Waals surface area contributed by atoms with Gasteiger partial charge in [0.05, 0.1) is 6.10 Å². The van der Waals surface area contributed by atoms with E-state index in [4.69, 9.17) is 15.6 Å². The number of nitrogens with two attached hydrogens (primary N) is 1. The molecular weight excluding hydrogens is 254 g/mol. The molecule has 3 N–H and O–H groups in total. The molecule has 1 aliphatic heterocycles. The molecule has 0 bridgehead atoms. The van der Waals surface area contributed by atoms with Crippen LogP contribution in [-0.4, -0.2) is 36.3 Å². The monoisotopic (exact) mass is 279 g/mol. The highest BCUT2D eigenvalue weighted by Gasteiger charge is 2.24. The van der Waals surface area contributed by atoms with Gasteiger partial charge in [0, 0.05) is 31.7 Å². The number of hydrogen-bond acceptors (Lipinski definition) is 6. The van der Waals surface area contributed by atoms with Gasteiger partial charge in [0.1, 0.15) is 17.5 Å². The first-order valence-corrected chi connectivity index (χ1v) is 7.08. The van der Waals surface area contributed by atoms with Crippen molar-refractivity contribution < 1.29 is 4.74 Å². The van der Waals surface area contributed by atoms with Gasteiger partial charge in [0.15, 0.2) is 0 Å². The van der Waals surface area contributed by atoms with E-state index >= 15 is 0 Å². The molecule has 2 heterocycles. The molecule has 1 aromatic heterocycles. The highest BCUT2D eigenvalue weighted by Crippen LogP contribution is 2.26. The number of rotatable bonds is 3. The van der Waals surface area contributed by atoms with E-state index in [-0.39, 0.29) is 11.5 Å². The molecule has 6 heteroatoms. The Morgan fingerprint density at radius 3 is 2.75 bits per heavy atom. The molecule has 0 aromatic carbocycles. The van der Waals surface area contributed by atoms with Gasteiger partial charge < -0.3 is 15.1 Å². The van der Waals surface area contributed by atoms with E-state index in [9.17, 15) is 0 Å². The van der Waals surface area contributed by atoms with Gasteiger partial charge in [0.25, 0.3) is 0 Å². The first kappa shape index (κ1) is 15.0. The van der Waals surface area contributed by atoms with E-state index in [1.54, 1.807) is 7.11 Å². The van der Waals surface area contributed by atoms with E-state index in [1.807, 2.05) is 6.07 Å². The lowest BCUT2D eigenvalue weighted by Gasteiger charge is -2.33. The van der Waals surface area contributed by atoms with Gasteiger partial charge in [-0.1, -0.05) is 20.8 Å². The third-order valence-electron chi connectivity index (χ3n) is 3.57. The van der Waals surface area contributed by atoms with Gasteiger partial charge in [-0.05, 0) is 12.8 Å². The fraction of sp³-hybridized carbons (Fsp3) is 0.714. The molecule has 1 aliphatic rings. The maximum atomic E-state index is 5.53. The highest BCUT2D eigenvalue weighted by molar-refractivity contribution is 5.49. The Labute approximate surface area is 120 Å². The molecular formula is C14H25N5O. The summed E-state index contributed by atoms with van der Waals surface area (Å²) >= 11 is 0. The number of anilines is 2. The molecule has 0 amide bonds. The summed E-state index contributed by atoms with van der Waals surface area (Å²) in [6.07, 6.45) is 2.48. The fourth-order valence-electron chi connectivity index (χ4n) is 2.34. The van der Waals surface area contributed by atoms with Crippen LogP contribution in [0.4, 0.5) is 11.6 Å². The minimum atomic E-state index is -0.113. The van der Waals surface area contributed by atoms with Crippen LogP contribution in [0.15, 0.2) is 6.07 Å². The zero-order chi connectivity index (χ0) is 14.8. The van der Waals surface area contributed by atoms with E-state index < -0.39 is 0 Å². The second-order valence-corrected chi connectivity index (χ2v) is 6.28. The topological polar surface area (TPSA) is 76.3 Å². The first-order chi connectivity index (χ1) is 9.44. The summed E-state index contributed by atoms with van der Waals surface area (Å²) in [6.45, 7) is 8.15. The first-order valence-electron chi connectivity index (χ1n) is 7.08. The van der Waals surface area contributed by atoms with Crippen LogP contribution in [0.25, 0.3) is 0 Å². The van der Waals surface area contributed by atoms with Crippen molar-refractivity contribution in [3.8, 4) is 0 Å². The SMILES string of the molecule is COC1CCCN(c2cc(NN)nc(C(C)(C)C)n2)C1. The average molecular weight is 279 g/mol. The zero-order valence-corrected chi connectivity index (χ0v) is 12.8. The number of nitrogens with one attached hydrogen (secondary N) is 1. The van der Waals surface area contributed by atoms with E-state index in [0.717, 1.165) is 37.6 Å². The number of hydrogen-bond donors (Lipinski definition) is 2. The van der Waals surface area contributed by atoms with Crippen LogP contribution >= 0.6 is 0 Å². The lowest BCUT2D eigenvalue weighted by atomic mass is 9.95. The quantitative estimate of drug-likeness (QED) is 0.647.